The molecule has 0 aromatic rings. The van der Waals surface area contributed by atoms with E-state index >= 15 is 0 Å². The molecule has 0 fully saturated rings. The maximum Gasteiger partial charge on any atom is 0.334 e. The van der Waals surface area contributed by atoms with Crippen LogP contribution in [0.1, 0.15) is 54.4 Å². The van der Waals surface area contributed by atoms with Crippen LogP contribution in [0, 0.1) is 11.8 Å². The van der Waals surface area contributed by atoms with E-state index in [1.807, 2.05) is 34.6 Å². The van der Waals surface area contributed by atoms with Gasteiger partial charge in [-0.2, -0.15) is 0 Å². The molecule has 0 N–H and O–H groups in total. The Morgan fingerprint density at radius 3 is 1.75 bits per heavy atom. The largest absolute Gasteiger partial charge is 0.462 e. The molecule has 0 aliphatic rings. The summed E-state index contributed by atoms with van der Waals surface area (Å²) in [6.45, 7) is 12.2. The van der Waals surface area contributed by atoms with Gasteiger partial charge in [0.1, 0.15) is 0 Å². The van der Waals surface area contributed by atoms with E-state index in [2.05, 4.69) is 0 Å². The minimum absolute atomic E-state index is 0.272. The van der Waals surface area contributed by atoms with Gasteiger partial charge in [0.15, 0.2) is 0 Å². The zero-order chi connectivity index (χ0) is 15.7. The van der Waals surface area contributed by atoms with Gasteiger partial charge in [-0.05, 0) is 25.2 Å². The van der Waals surface area contributed by atoms with Crippen LogP contribution in [0.2, 0.25) is 0 Å². The molecule has 0 spiro atoms. The van der Waals surface area contributed by atoms with Gasteiger partial charge < -0.3 is 9.47 Å². The summed E-state index contributed by atoms with van der Waals surface area (Å²) in [6.07, 6.45) is 1.31. The molecule has 0 rings (SSSR count). The SMILES string of the molecule is CCC/C(C(=O)OCC(C)C)=C(\C)C(=O)OCC(C)C. The van der Waals surface area contributed by atoms with Gasteiger partial charge in [0.25, 0.3) is 0 Å². The van der Waals surface area contributed by atoms with Crippen molar-refractivity contribution in [1.82, 2.24) is 0 Å². The Bertz CT molecular complexity index is 353. The molecule has 4 nitrogen and oxygen atoms in total. The van der Waals surface area contributed by atoms with Crippen LogP contribution in [-0.4, -0.2) is 25.2 Å². The third kappa shape index (κ3) is 7.31. The zero-order valence-electron chi connectivity index (χ0n) is 13.6. The van der Waals surface area contributed by atoms with Gasteiger partial charge in [0, 0.05) is 11.1 Å². The molecular formula is C16H28O4. The summed E-state index contributed by atoms with van der Waals surface area (Å²) in [5, 5.41) is 0. The van der Waals surface area contributed by atoms with E-state index in [1.54, 1.807) is 6.92 Å². The number of hydrogen-bond acceptors (Lipinski definition) is 4. The first-order valence-electron chi connectivity index (χ1n) is 7.33. The summed E-state index contributed by atoms with van der Waals surface area (Å²) in [5.41, 5.74) is 0.795. The third-order valence-corrected chi connectivity index (χ3v) is 2.60. The predicted molar refractivity (Wildman–Crippen MR) is 79.2 cm³/mol. The number of hydrogen-bond donors (Lipinski definition) is 0. The highest BCUT2D eigenvalue weighted by molar-refractivity contribution is 5.99. The Morgan fingerprint density at radius 2 is 1.35 bits per heavy atom. The average Bonchev–Trinajstić information content (AvgIpc) is 2.38. The summed E-state index contributed by atoms with van der Waals surface area (Å²) in [7, 11) is 0. The highest BCUT2D eigenvalue weighted by atomic mass is 16.5. The molecule has 0 aliphatic heterocycles. The van der Waals surface area contributed by atoms with Crippen LogP contribution >= 0.6 is 0 Å². The molecule has 0 bridgehead atoms. The summed E-state index contributed by atoms with van der Waals surface area (Å²) >= 11 is 0. The topological polar surface area (TPSA) is 52.6 Å². The van der Waals surface area contributed by atoms with Crippen molar-refractivity contribution >= 4 is 11.9 Å². The van der Waals surface area contributed by atoms with E-state index in [0.717, 1.165) is 6.42 Å². The highest BCUT2D eigenvalue weighted by Gasteiger charge is 2.19. The van der Waals surface area contributed by atoms with Crippen molar-refractivity contribution in [3.63, 3.8) is 0 Å². The Hall–Kier alpha value is -1.32. The minimum atomic E-state index is -0.427. The number of carbonyl (C=O) groups is 2. The molecular weight excluding hydrogens is 256 g/mol. The van der Waals surface area contributed by atoms with Gasteiger partial charge in [-0.25, -0.2) is 9.59 Å². The molecule has 0 amide bonds. The normalized spacial score (nSPS) is 12.4. The van der Waals surface area contributed by atoms with Crippen molar-refractivity contribution in [2.24, 2.45) is 11.8 Å². The Morgan fingerprint density at radius 1 is 0.900 bits per heavy atom. The fourth-order valence-electron chi connectivity index (χ4n) is 1.50. The van der Waals surface area contributed by atoms with Crippen LogP contribution in [0.3, 0.4) is 0 Å². The van der Waals surface area contributed by atoms with Crippen molar-refractivity contribution in [1.29, 1.82) is 0 Å². The van der Waals surface area contributed by atoms with Gasteiger partial charge in [0.05, 0.1) is 13.2 Å². The minimum Gasteiger partial charge on any atom is -0.462 e. The number of esters is 2. The molecule has 0 aromatic carbocycles. The molecule has 0 aromatic heterocycles. The van der Waals surface area contributed by atoms with E-state index < -0.39 is 11.9 Å². The first kappa shape index (κ1) is 18.7. The summed E-state index contributed by atoms with van der Waals surface area (Å²) in [6, 6.07) is 0. The number of carbonyl (C=O) groups excluding carboxylic acids is 2. The van der Waals surface area contributed by atoms with E-state index in [-0.39, 0.29) is 11.8 Å². The first-order valence-corrected chi connectivity index (χ1v) is 7.33. The lowest BCUT2D eigenvalue weighted by Gasteiger charge is -2.13. The summed E-state index contributed by atoms with van der Waals surface area (Å²) in [4.78, 5) is 24.0. The maximum absolute atomic E-state index is 12.0. The molecule has 116 valence electrons. The van der Waals surface area contributed by atoms with Crippen LogP contribution in [-0.2, 0) is 19.1 Å². The maximum atomic E-state index is 12.0. The smallest absolute Gasteiger partial charge is 0.334 e. The lowest BCUT2D eigenvalue weighted by atomic mass is 10.0. The number of rotatable bonds is 8. The second-order valence-corrected chi connectivity index (χ2v) is 5.84. The Labute approximate surface area is 122 Å². The molecule has 0 heterocycles. The van der Waals surface area contributed by atoms with Crippen LogP contribution in [0.5, 0.6) is 0 Å². The highest BCUT2D eigenvalue weighted by Crippen LogP contribution is 2.15. The van der Waals surface area contributed by atoms with Gasteiger partial charge in [0.2, 0.25) is 0 Å². The van der Waals surface area contributed by atoms with Crippen LogP contribution in [0.25, 0.3) is 0 Å². The Kier molecular flexibility index (Phi) is 8.93. The van der Waals surface area contributed by atoms with E-state index in [4.69, 9.17) is 9.47 Å². The van der Waals surface area contributed by atoms with Gasteiger partial charge in [-0.1, -0.05) is 41.0 Å². The van der Waals surface area contributed by atoms with Gasteiger partial charge in [-0.3, -0.25) is 0 Å². The second-order valence-electron chi connectivity index (χ2n) is 5.84. The van der Waals surface area contributed by atoms with Crippen molar-refractivity contribution in [2.45, 2.75) is 54.4 Å². The third-order valence-electron chi connectivity index (χ3n) is 2.60. The number of ether oxygens (including phenoxy) is 2. The fourth-order valence-corrected chi connectivity index (χ4v) is 1.50. The Balaban J connectivity index is 4.86. The molecule has 0 saturated carbocycles. The molecule has 20 heavy (non-hydrogen) atoms. The van der Waals surface area contributed by atoms with E-state index in [9.17, 15) is 9.59 Å². The molecule has 0 saturated heterocycles. The lowest BCUT2D eigenvalue weighted by molar-refractivity contribution is -0.143. The first-order chi connectivity index (χ1) is 9.29. The van der Waals surface area contributed by atoms with Crippen LogP contribution in [0.4, 0.5) is 0 Å². The van der Waals surface area contributed by atoms with Crippen molar-refractivity contribution < 1.29 is 19.1 Å². The van der Waals surface area contributed by atoms with Crippen molar-refractivity contribution in [3.8, 4) is 0 Å². The monoisotopic (exact) mass is 284 g/mol. The zero-order valence-corrected chi connectivity index (χ0v) is 13.6. The van der Waals surface area contributed by atoms with E-state index in [1.165, 1.54) is 0 Å². The van der Waals surface area contributed by atoms with Crippen LogP contribution < -0.4 is 0 Å². The summed E-state index contributed by atoms with van der Waals surface area (Å²) in [5.74, 6) is -0.285. The van der Waals surface area contributed by atoms with Crippen molar-refractivity contribution in [3.05, 3.63) is 11.1 Å². The molecule has 0 aliphatic carbocycles. The average molecular weight is 284 g/mol. The van der Waals surface area contributed by atoms with Crippen LogP contribution in [0.15, 0.2) is 11.1 Å². The summed E-state index contributed by atoms with van der Waals surface area (Å²) < 4.78 is 10.4. The van der Waals surface area contributed by atoms with Crippen molar-refractivity contribution in [2.75, 3.05) is 13.2 Å². The molecule has 0 radical (unpaired) electrons. The predicted octanol–water partition coefficient (Wildman–Crippen LogP) is 3.50. The quantitative estimate of drug-likeness (QED) is 0.505. The fraction of sp³-hybridized carbons (Fsp3) is 0.750. The van der Waals surface area contributed by atoms with E-state index in [0.29, 0.717) is 30.8 Å². The van der Waals surface area contributed by atoms with Gasteiger partial charge in [-0.15, -0.1) is 0 Å². The standard InChI is InChI=1S/C16H28O4/c1-7-8-14(16(18)20-10-12(4)5)13(6)15(17)19-9-11(2)3/h11-12H,7-10H2,1-6H3/b14-13-. The molecule has 0 atom stereocenters. The molecule has 4 heteroatoms. The molecule has 0 unspecified atom stereocenters. The second kappa shape index (κ2) is 9.56. The lowest BCUT2D eigenvalue weighted by Crippen LogP contribution is -2.18. The van der Waals surface area contributed by atoms with Gasteiger partial charge >= 0.3 is 11.9 Å².